The van der Waals surface area contributed by atoms with Gasteiger partial charge in [0.25, 0.3) is 0 Å². The van der Waals surface area contributed by atoms with Gasteiger partial charge in [-0.25, -0.2) is 0 Å². The summed E-state index contributed by atoms with van der Waals surface area (Å²) in [4.78, 5) is 5.66. The smallest absolute Gasteiger partial charge is 0.138 e. The molecule has 7 rings (SSSR count). The van der Waals surface area contributed by atoms with Crippen molar-refractivity contribution in [3.8, 4) is 0 Å². The summed E-state index contributed by atoms with van der Waals surface area (Å²) in [5.74, 6) is 4.93. The molecule has 10 atom stereocenters. The van der Waals surface area contributed by atoms with Crippen LogP contribution in [0.3, 0.4) is 0 Å². The molecule has 0 spiro atoms. The lowest BCUT2D eigenvalue weighted by Gasteiger charge is -2.52. The van der Waals surface area contributed by atoms with Gasteiger partial charge in [-0.3, -0.25) is 0 Å². The first-order valence-electron chi connectivity index (χ1n) is 7.69. The molecule has 0 amide bonds. The van der Waals surface area contributed by atoms with E-state index in [1.54, 1.807) is 0 Å². The maximum Gasteiger partial charge on any atom is 0.138 e. The molecule has 0 saturated heterocycles. The maximum atomic E-state index is 5.66. The number of rotatable bonds is 0. The summed E-state index contributed by atoms with van der Waals surface area (Å²) in [5, 5.41) is 13.5. The highest BCUT2D eigenvalue weighted by Gasteiger charge is 2.69. The Hall–Kier alpha value is -1.19. The van der Waals surface area contributed by atoms with Crippen molar-refractivity contribution in [1.82, 2.24) is 0 Å². The minimum absolute atomic E-state index is 0.365. The van der Waals surface area contributed by atoms with E-state index in [0.29, 0.717) is 35.9 Å². The lowest BCUT2D eigenvalue weighted by molar-refractivity contribution is -0.0612. The highest BCUT2D eigenvalue weighted by Crippen LogP contribution is 2.66. The van der Waals surface area contributed by atoms with Gasteiger partial charge < -0.3 is 4.84 Å². The van der Waals surface area contributed by atoms with Crippen LogP contribution >= 0.6 is 0 Å². The van der Waals surface area contributed by atoms with Crippen molar-refractivity contribution in [3.05, 3.63) is 12.2 Å². The van der Waals surface area contributed by atoms with Crippen LogP contribution in [0.5, 0.6) is 0 Å². The third-order valence-corrected chi connectivity index (χ3v) is 6.90. The summed E-state index contributed by atoms with van der Waals surface area (Å²) in [6.45, 7) is 0. The molecule has 0 aromatic rings. The number of hydrogen-bond acceptors (Lipinski definition) is 4. The molecule has 3 aliphatic heterocycles. The molecule has 4 heteroatoms. The van der Waals surface area contributed by atoms with Gasteiger partial charge in [-0.1, -0.05) is 17.3 Å². The fourth-order valence-corrected chi connectivity index (χ4v) is 6.42. The van der Waals surface area contributed by atoms with E-state index in [-0.39, 0.29) is 0 Å². The zero-order chi connectivity index (χ0) is 12.1. The lowest BCUT2D eigenvalue weighted by atomic mass is 9.56. The molecule has 3 heterocycles. The fourth-order valence-electron chi connectivity index (χ4n) is 6.42. The molecule has 4 aliphatic carbocycles. The van der Waals surface area contributed by atoms with Crippen molar-refractivity contribution < 1.29 is 4.84 Å². The van der Waals surface area contributed by atoms with Crippen LogP contribution in [0.25, 0.3) is 0 Å². The van der Waals surface area contributed by atoms with Gasteiger partial charge in [0.1, 0.15) is 6.10 Å². The minimum atomic E-state index is 0.365. The first-order chi connectivity index (χ1) is 9.43. The Morgan fingerprint density at radius 1 is 0.947 bits per heavy atom. The summed E-state index contributed by atoms with van der Waals surface area (Å²) in [5.41, 5.74) is 0. The largest absolute Gasteiger partial charge is 0.392 e. The van der Waals surface area contributed by atoms with E-state index in [2.05, 4.69) is 23.5 Å². The first-order valence-corrected chi connectivity index (χ1v) is 7.69. The first kappa shape index (κ1) is 9.67. The van der Waals surface area contributed by atoms with Gasteiger partial charge in [-0.2, -0.15) is 10.2 Å². The molecule has 4 nitrogen and oxygen atoms in total. The third kappa shape index (κ3) is 0.906. The summed E-state index contributed by atoms with van der Waals surface area (Å²) < 4.78 is 0. The molecule has 0 radical (unpaired) electrons. The Labute approximate surface area is 112 Å². The molecule has 98 valence electrons. The molecule has 3 saturated carbocycles. The van der Waals surface area contributed by atoms with Crippen LogP contribution in [0.15, 0.2) is 27.5 Å². The molecule has 19 heavy (non-hydrogen) atoms. The van der Waals surface area contributed by atoms with Crippen LogP contribution in [-0.4, -0.2) is 24.4 Å². The van der Waals surface area contributed by atoms with Gasteiger partial charge in [0.05, 0.1) is 18.3 Å². The number of fused-ring (bicyclic) bond motifs is 5. The van der Waals surface area contributed by atoms with Crippen molar-refractivity contribution >= 4 is 6.21 Å². The molecule has 0 N–H and O–H groups in total. The summed E-state index contributed by atoms with van der Waals surface area (Å²) in [6.07, 6.45) is 9.79. The van der Waals surface area contributed by atoms with Crippen molar-refractivity contribution in [2.75, 3.05) is 0 Å². The van der Waals surface area contributed by atoms with Gasteiger partial charge in [-0.15, -0.1) is 0 Å². The number of azo groups is 1. The van der Waals surface area contributed by atoms with Crippen molar-refractivity contribution in [3.63, 3.8) is 0 Å². The Morgan fingerprint density at radius 3 is 2.84 bits per heavy atom. The fraction of sp³-hybridized carbons (Fsp3) is 0.800. The summed E-state index contributed by atoms with van der Waals surface area (Å²) in [7, 11) is 0. The van der Waals surface area contributed by atoms with Crippen LogP contribution in [0.1, 0.15) is 12.8 Å². The van der Waals surface area contributed by atoms with Crippen LogP contribution in [-0.2, 0) is 4.84 Å². The van der Waals surface area contributed by atoms with E-state index >= 15 is 0 Å². The molecule has 0 aromatic heterocycles. The lowest BCUT2D eigenvalue weighted by Crippen LogP contribution is -2.57. The van der Waals surface area contributed by atoms with E-state index in [4.69, 9.17) is 15.1 Å². The van der Waals surface area contributed by atoms with Crippen molar-refractivity contribution in [2.45, 2.75) is 31.0 Å². The number of hydrogen-bond donors (Lipinski definition) is 0. The predicted octanol–water partition coefficient (Wildman–Crippen LogP) is 2.28. The molecule has 0 unspecified atom stereocenters. The predicted molar refractivity (Wildman–Crippen MR) is 68.6 cm³/mol. The third-order valence-electron chi connectivity index (χ3n) is 6.90. The molecule has 0 aromatic carbocycles. The highest BCUT2D eigenvalue weighted by molar-refractivity contribution is 5.64. The zero-order valence-electron chi connectivity index (χ0n) is 10.7. The maximum absolute atomic E-state index is 5.66. The Kier molecular flexibility index (Phi) is 1.50. The van der Waals surface area contributed by atoms with Gasteiger partial charge in [0, 0.05) is 17.8 Å². The molecular weight excluding hydrogens is 238 g/mol. The normalized spacial score (nSPS) is 65.3. The Morgan fingerprint density at radius 2 is 1.84 bits per heavy atom. The molecular formula is C15H17N3O. The Balaban J connectivity index is 1.49. The van der Waals surface area contributed by atoms with E-state index in [0.717, 1.165) is 23.7 Å². The second-order valence-corrected chi connectivity index (χ2v) is 7.24. The van der Waals surface area contributed by atoms with Crippen molar-refractivity contribution in [2.24, 2.45) is 56.8 Å². The van der Waals surface area contributed by atoms with Gasteiger partial charge in [-0.05, 0) is 36.5 Å². The average Bonchev–Trinajstić information content (AvgIpc) is 3.20. The molecule has 3 fully saturated rings. The zero-order valence-corrected chi connectivity index (χ0v) is 10.7. The van der Waals surface area contributed by atoms with E-state index in [1.165, 1.54) is 12.8 Å². The topological polar surface area (TPSA) is 46.3 Å². The second kappa shape index (κ2) is 2.94. The van der Waals surface area contributed by atoms with E-state index < -0.39 is 0 Å². The average molecular weight is 255 g/mol. The number of oxime groups is 1. The van der Waals surface area contributed by atoms with Crippen LogP contribution in [0.2, 0.25) is 0 Å². The van der Waals surface area contributed by atoms with E-state index in [9.17, 15) is 0 Å². The SMILES string of the molecule is C1=C[C@@H]2[C@H](C1)[C@H]1N=N[C@H]2[C@@H]2[C@H]3C[C@@H]([C@@H]4C=NO[C@H]43)[C@@H]12. The monoisotopic (exact) mass is 255 g/mol. The Bertz CT molecular complexity index is 542. The van der Waals surface area contributed by atoms with Crippen molar-refractivity contribution in [1.29, 1.82) is 0 Å². The number of nitrogens with zero attached hydrogens (tertiary/aromatic N) is 3. The van der Waals surface area contributed by atoms with Crippen LogP contribution in [0.4, 0.5) is 0 Å². The highest BCUT2D eigenvalue weighted by atomic mass is 16.6. The van der Waals surface area contributed by atoms with Gasteiger partial charge in [0.2, 0.25) is 0 Å². The standard InChI is InChI=1S/C15H17N3O/c1-2-6-7(3-1)14-12-9-4-8(10-5-16-19-15(9)10)11(12)13(6)17-18-14/h1,3,5-15H,2,4H2/t6-,7+,8-,9+,10-,11+,12+,13+,14+,15-/m0/s1. The van der Waals surface area contributed by atoms with Gasteiger partial charge in [0.15, 0.2) is 0 Å². The summed E-state index contributed by atoms with van der Waals surface area (Å²) >= 11 is 0. The molecule has 4 bridgehead atoms. The summed E-state index contributed by atoms with van der Waals surface area (Å²) in [6, 6.07) is 0.929. The number of allylic oxidation sites excluding steroid dienone is 1. The second-order valence-electron chi connectivity index (χ2n) is 7.24. The molecule has 7 aliphatic rings. The van der Waals surface area contributed by atoms with Crippen LogP contribution < -0.4 is 0 Å². The quantitative estimate of drug-likeness (QED) is 0.612. The van der Waals surface area contributed by atoms with Gasteiger partial charge >= 0.3 is 0 Å². The van der Waals surface area contributed by atoms with E-state index in [1.807, 2.05) is 0 Å². The van der Waals surface area contributed by atoms with Crippen LogP contribution in [0, 0.1) is 41.4 Å². The minimum Gasteiger partial charge on any atom is -0.392 e.